The van der Waals surface area contributed by atoms with Gasteiger partial charge in [0.1, 0.15) is 24.0 Å². The maximum absolute atomic E-state index is 12.6. The number of hydrogen-bond donors (Lipinski definition) is 2. The van der Waals surface area contributed by atoms with Crippen molar-refractivity contribution < 1.29 is 19.4 Å². The number of amides is 1. The molecule has 0 aliphatic heterocycles. The molecule has 0 aromatic heterocycles. The standard InChI is InChI=1S/C24H15ClI2N2O4/c25-18-6-4-14(5-7-18)13-33-22-20(26)9-15(10-21(22)27)8-17(12-28)23(30)29-19-3-1-2-16(11-19)24(31)32/h1-11H,13H2,(H,29,30)(H,31,32)/b17-8+. The highest BCUT2D eigenvalue weighted by Crippen LogP contribution is 2.30. The average molecular weight is 685 g/mol. The number of nitrogens with zero attached hydrogens (tertiary/aromatic N) is 1. The van der Waals surface area contributed by atoms with Crippen LogP contribution in [-0.4, -0.2) is 17.0 Å². The number of carbonyl (C=O) groups is 2. The molecule has 0 bridgehead atoms. The number of carbonyl (C=O) groups excluding carboxylic acids is 1. The highest BCUT2D eigenvalue weighted by atomic mass is 127. The third kappa shape index (κ3) is 6.93. The summed E-state index contributed by atoms with van der Waals surface area (Å²) >= 11 is 10.2. The molecule has 0 saturated heterocycles. The van der Waals surface area contributed by atoms with E-state index in [2.05, 4.69) is 50.5 Å². The minimum Gasteiger partial charge on any atom is -0.487 e. The minimum absolute atomic E-state index is 0.0357. The normalized spacial score (nSPS) is 10.9. The molecule has 6 nitrogen and oxygen atoms in total. The second-order valence-electron chi connectivity index (χ2n) is 6.74. The predicted octanol–water partition coefficient (Wildman–Crippen LogP) is 6.37. The summed E-state index contributed by atoms with van der Waals surface area (Å²) in [6.45, 7) is 0.375. The highest BCUT2D eigenvalue weighted by molar-refractivity contribution is 14.1. The van der Waals surface area contributed by atoms with E-state index in [-0.39, 0.29) is 16.8 Å². The van der Waals surface area contributed by atoms with Crippen LogP contribution >= 0.6 is 56.8 Å². The molecule has 0 radical (unpaired) electrons. The third-order valence-corrected chi connectivity index (χ3v) is 6.22. The van der Waals surface area contributed by atoms with Crippen molar-refractivity contribution in [1.82, 2.24) is 0 Å². The largest absolute Gasteiger partial charge is 0.487 e. The Hall–Kier alpha value is -2.62. The van der Waals surface area contributed by atoms with Crippen molar-refractivity contribution in [2.75, 3.05) is 5.32 Å². The monoisotopic (exact) mass is 684 g/mol. The van der Waals surface area contributed by atoms with Crippen molar-refractivity contribution >= 4 is 80.4 Å². The Morgan fingerprint density at radius 3 is 2.36 bits per heavy atom. The first-order chi connectivity index (χ1) is 15.8. The SMILES string of the molecule is N#C/C(=C\c1cc(I)c(OCc2ccc(Cl)cc2)c(I)c1)C(=O)Nc1cccc(C(=O)O)c1. The maximum Gasteiger partial charge on any atom is 0.335 e. The number of aromatic carboxylic acids is 1. The van der Waals surface area contributed by atoms with Gasteiger partial charge in [0.25, 0.3) is 5.91 Å². The van der Waals surface area contributed by atoms with Gasteiger partial charge >= 0.3 is 5.97 Å². The minimum atomic E-state index is -1.11. The molecule has 1 amide bonds. The molecule has 2 N–H and O–H groups in total. The number of nitrogens with one attached hydrogen (secondary N) is 1. The summed E-state index contributed by atoms with van der Waals surface area (Å²) in [6, 6.07) is 18.7. The Bertz CT molecular complexity index is 1260. The number of benzene rings is 3. The molecule has 3 aromatic rings. The Morgan fingerprint density at radius 2 is 1.76 bits per heavy atom. The van der Waals surface area contributed by atoms with Crippen LogP contribution in [-0.2, 0) is 11.4 Å². The quantitative estimate of drug-likeness (QED) is 0.171. The predicted molar refractivity (Wildman–Crippen MR) is 143 cm³/mol. The van der Waals surface area contributed by atoms with Crippen LogP contribution in [0.25, 0.3) is 6.08 Å². The number of nitriles is 1. The molecular formula is C24H15ClI2N2O4. The van der Waals surface area contributed by atoms with Gasteiger partial charge in [-0.2, -0.15) is 5.26 Å². The number of ether oxygens (including phenoxy) is 1. The van der Waals surface area contributed by atoms with Crippen LogP contribution in [0, 0.1) is 18.5 Å². The zero-order valence-electron chi connectivity index (χ0n) is 16.8. The van der Waals surface area contributed by atoms with Crippen LogP contribution in [0.4, 0.5) is 5.69 Å². The molecule has 0 fully saturated rings. The Morgan fingerprint density at radius 1 is 1.09 bits per heavy atom. The first kappa shape index (κ1) is 25.0. The summed E-state index contributed by atoms with van der Waals surface area (Å²) in [5.41, 5.74) is 1.85. The number of carboxylic acids is 1. The maximum atomic E-state index is 12.6. The smallest absolute Gasteiger partial charge is 0.335 e. The van der Waals surface area contributed by atoms with Gasteiger partial charge in [-0.3, -0.25) is 4.79 Å². The molecule has 9 heteroatoms. The molecule has 33 heavy (non-hydrogen) atoms. The van der Waals surface area contributed by atoms with Gasteiger partial charge in [0, 0.05) is 10.7 Å². The molecule has 0 saturated carbocycles. The van der Waals surface area contributed by atoms with E-state index in [9.17, 15) is 14.9 Å². The van der Waals surface area contributed by atoms with E-state index >= 15 is 0 Å². The van der Waals surface area contributed by atoms with Crippen molar-refractivity contribution in [2.45, 2.75) is 6.61 Å². The van der Waals surface area contributed by atoms with Gasteiger partial charge in [-0.25, -0.2) is 4.79 Å². The molecule has 0 heterocycles. The highest BCUT2D eigenvalue weighted by Gasteiger charge is 2.13. The first-order valence-electron chi connectivity index (χ1n) is 9.39. The van der Waals surface area contributed by atoms with E-state index in [4.69, 9.17) is 21.4 Å². The molecular weight excluding hydrogens is 670 g/mol. The molecule has 0 aliphatic rings. The number of carboxylic acid groups (broad SMARTS) is 1. The van der Waals surface area contributed by atoms with Crippen molar-refractivity contribution in [1.29, 1.82) is 5.26 Å². The molecule has 0 spiro atoms. The fraction of sp³-hybridized carbons (Fsp3) is 0.0417. The van der Waals surface area contributed by atoms with Crippen LogP contribution < -0.4 is 10.1 Å². The van der Waals surface area contributed by atoms with Gasteiger partial charge in [-0.1, -0.05) is 29.8 Å². The van der Waals surface area contributed by atoms with Gasteiger partial charge in [0.05, 0.1) is 12.7 Å². The lowest BCUT2D eigenvalue weighted by Crippen LogP contribution is -2.14. The van der Waals surface area contributed by atoms with E-state index in [0.29, 0.717) is 22.9 Å². The summed E-state index contributed by atoms with van der Waals surface area (Å²) in [5, 5.41) is 21.8. The topological polar surface area (TPSA) is 99.4 Å². The van der Waals surface area contributed by atoms with Gasteiger partial charge in [-0.05, 0) is 105 Å². The summed E-state index contributed by atoms with van der Waals surface area (Å²) in [4.78, 5) is 23.7. The first-order valence-corrected chi connectivity index (χ1v) is 11.9. The third-order valence-electron chi connectivity index (χ3n) is 4.36. The Balaban J connectivity index is 1.77. The lowest BCUT2D eigenvalue weighted by Gasteiger charge is -2.12. The second-order valence-corrected chi connectivity index (χ2v) is 9.50. The van der Waals surface area contributed by atoms with E-state index < -0.39 is 11.9 Å². The molecule has 166 valence electrons. The van der Waals surface area contributed by atoms with Crippen molar-refractivity contribution in [3.05, 3.63) is 95.1 Å². The summed E-state index contributed by atoms with van der Waals surface area (Å²) in [7, 11) is 0. The fourth-order valence-electron chi connectivity index (χ4n) is 2.78. The van der Waals surface area contributed by atoms with E-state index in [1.165, 1.54) is 24.3 Å². The van der Waals surface area contributed by atoms with Crippen LogP contribution in [0.2, 0.25) is 5.02 Å². The van der Waals surface area contributed by atoms with E-state index in [1.54, 1.807) is 18.2 Å². The van der Waals surface area contributed by atoms with Crippen LogP contribution in [0.3, 0.4) is 0 Å². The summed E-state index contributed by atoms with van der Waals surface area (Å²) < 4.78 is 7.62. The second kappa shape index (κ2) is 11.5. The molecule has 3 rings (SSSR count). The van der Waals surface area contributed by atoms with Crippen molar-refractivity contribution in [2.24, 2.45) is 0 Å². The zero-order valence-corrected chi connectivity index (χ0v) is 21.9. The number of hydrogen-bond acceptors (Lipinski definition) is 4. The van der Waals surface area contributed by atoms with Gasteiger partial charge in [0.2, 0.25) is 0 Å². The van der Waals surface area contributed by atoms with Crippen LogP contribution in [0.15, 0.2) is 66.2 Å². The number of rotatable bonds is 7. The van der Waals surface area contributed by atoms with E-state index in [1.807, 2.05) is 30.3 Å². The van der Waals surface area contributed by atoms with Crippen molar-refractivity contribution in [3.8, 4) is 11.8 Å². The summed E-state index contributed by atoms with van der Waals surface area (Å²) in [6.07, 6.45) is 1.48. The Labute approximate surface area is 222 Å². The summed E-state index contributed by atoms with van der Waals surface area (Å²) in [5.74, 6) is -1.03. The fourth-order valence-corrected chi connectivity index (χ4v) is 5.03. The van der Waals surface area contributed by atoms with Gasteiger partial charge in [0.15, 0.2) is 0 Å². The van der Waals surface area contributed by atoms with E-state index in [0.717, 1.165) is 12.7 Å². The van der Waals surface area contributed by atoms with Crippen LogP contribution in [0.5, 0.6) is 5.75 Å². The number of anilines is 1. The van der Waals surface area contributed by atoms with Gasteiger partial charge in [-0.15, -0.1) is 0 Å². The molecule has 0 atom stereocenters. The molecule has 0 aliphatic carbocycles. The lowest BCUT2D eigenvalue weighted by molar-refractivity contribution is -0.112. The van der Waals surface area contributed by atoms with Crippen LogP contribution in [0.1, 0.15) is 21.5 Å². The lowest BCUT2D eigenvalue weighted by atomic mass is 10.1. The average Bonchev–Trinajstić information content (AvgIpc) is 2.78. The molecule has 0 unspecified atom stereocenters. The zero-order chi connectivity index (χ0) is 24.0. The number of halogens is 3. The van der Waals surface area contributed by atoms with Gasteiger partial charge < -0.3 is 15.2 Å². The Kier molecular flexibility index (Phi) is 8.71. The molecule has 3 aromatic carbocycles. The van der Waals surface area contributed by atoms with Crippen molar-refractivity contribution in [3.63, 3.8) is 0 Å².